The second kappa shape index (κ2) is 3.87. The van der Waals surface area contributed by atoms with Gasteiger partial charge in [-0.3, -0.25) is 4.90 Å². The summed E-state index contributed by atoms with van der Waals surface area (Å²) in [6.45, 7) is 4.69. The number of hydrogen-bond acceptors (Lipinski definition) is 2. The summed E-state index contributed by atoms with van der Waals surface area (Å²) >= 11 is 0. The smallest absolute Gasteiger partial charge is 0.0316 e. The Balaban J connectivity index is 1.90. The molecule has 1 fully saturated rings. The molecule has 2 rings (SSSR count). The normalized spacial score (nSPS) is 30.8. The van der Waals surface area contributed by atoms with Gasteiger partial charge in [-0.25, -0.2) is 0 Å². The Hall–Kier alpha value is -0.600. The molecule has 12 heavy (non-hydrogen) atoms. The third-order valence-corrected chi connectivity index (χ3v) is 2.58. The molecule has 0 unspecified atom stereocenters. The Bertz CT molecular complexity index is 190. The van der Waals surface area contributed by atoms with E-state index in [1.807, 2.05) is 0 Å². The fourth-order valence-corrected chi connectivity index (χ4v) is 1.85. The summed E-state index contributed by atoms with van der Waals surface area (Å²) in [5, 5.41) is 3.37. The molecule has 2 nitrogen and oxygen atoms in total. The molecular formula is C10H16N2. The monoisotopic (exact) mass is 164 g/mol. The summed E-state index contributed by atoms with van der Waals surface area (Å²) in [5.41, 5.74) is 0. The van der Waals surface area contributed by atoms with Crippen LogP contribution in [0.25, 0.3) is 0 Å². The van der Waals surface area contributed by atoms with Gasteiger partial charge < -0.3 is 5.32 Å². The first kappa shape index (κ1) is 8.02. The Morgan fingerprint density at radius 3 is 2.67 bits per heavy atom. The van der Waals surface area contributed by atoms with Gasteiger partial charge in [-0.1, -0.05) is 24.3 Å². The third kappa shape index (κ3) is 1.76. The van der Waals surface area contributed by atoms with E-state index in [1.54, 1.807) is 0 Å². The van der Waals surface area contributed by atoms with E-state index < -0.39 is 0 Å². The lowest BCUT2D eigenvalue weighted by Gasteiger charge is -2.33. The zero-order chi connectivity index (χ0) is 8.23. The highest BCUT2D eigenvalue weighted by molar-refractivity contribution is 5.14. The minimum atomic E-state index is 0.664. The van der Waals surface area contributed by atoms with Crippen LogP contribution in [0.4, 0.5) is 0 Å². The van der Waals surface area contributed by atoms with Crippen LogP contribution in [0.15, 0.2) is 24.3 Å². The van der Waals surface area contributed by atoms with Gasteiger partial charge in [0, 0.05) is 32.2 Å². The number of rotatable bonds is 1. The van der Waals surface area contributed by atoms with Crippen molar-refractivity contribution >= 4 is 0 Å². The molecule has 0 aromatic rings. The molecule has 0 spiro atoms. The molecule has 0 saturated carbocycles. The summed E-state index contributed by atoms with van der Waals surface area (Å²) in [7, 11) is 0. The van der Waals surface area contributed by atoms with Gasteiger partial charge in [0.25, 0.3) is 0 Å². The maximum Gasteiger partial charge on any atom is 0.0316 e. The highest BCUT2D eigenvalue weighted by atomic mass is 15.2. The zero-order valence-electron chi connectivity index (χ0n) is 7.37. The van der Waals surface area contributed by atoms with Crippen LogP contribution in [0.1, 0.15) is 6.42 Å². The van der Waals surface area contributed by atoms with E-state index >= 15 is 0 Å². The number of nitrogens with zero attached hydrogens (tertiary/aromatic N) is 1. The van der Waals surface area contributed by atoms with Crippen LogP contribution >= 0.6 is 0 Å². The van der Waals surface area contributed by atoms with Gasteiger partial charge in [0.1, 0.15) is 0 Å². The van der Waals surface area contributed by atoms with Gasteiger partial charge in [0.2, 0.25) is 0 Å². The van der Waals surface area contributed by atoms with Gasteiger partial charge in [0.05, 0.1) is 0 Å². The Morgan fingerprint density at radius 1 is 1.17 bits per heavy atom. The average molecular weight is 164 g/mol. The van der Waals surface area contributed by atoms with E-state index in [2.05, 4.69) is 34.5 Å². The lowest BCUT2D eigenvalue weighted by molar-refractivity contribution is 0.202. The maximum absolute atomic E-state index is 3.37. The second-order valence-electron chi connectivity index (χ2n) is 3.40. The SMILES string of the molecule is C1=CC[C@@H](N2CCNCC2)C=C1. The van der Waals surface area contributed by atoms with Crippen LogP contribution in [-0.4, -0.2) is 37.1 Å². The largest absolute Gasteiger partial charge is 0.314 e. The summed E-state index contributed by atoms with van der Waals surface area (Å²) in [6, 6.07) is 0.664. The molecule has 2 heteroatoms. The standard InChI is InChI=1S/C10H16N2/c1-2-4-10(5-3-1)12-8-6-11-7-9-12/h1-4,10-11H,5-9H2/t10-/m0/s1. The van der Waals surface area contributed by atoms with Crippen LogP contribution in [0.5, 0.6) is 0 Å². The van der Waals surface area contributed by atoms with Crippen LogP contribution in [0.3, 0.4) is 0 Å². The Labute approximate surface area is 73.9 Å². The van der Waals surface area contributed by atoms with E-state index in [0.717, 1.165) is 13.1 Å². The minimum absolute atomic E-state index is 0.664. The molecule has 0 amide bonds. The zero-order valence-corrected chi connectivity index (χ0v) is 7.37. The van der Waals surface area contributed by atoms with E-state index in [9.17, 15) is 0 Å². The molecule has 0 radical (unpaired) electrons. The first-order valence-corrected chi connectivity index (χ1v) is 4.75. The molecule has 0 bridgehead atoms. The van der Waals surface area contributed by atoms with Gasteiger partial charge in [-0.2, -0.15) is 0 Å². The van der Waals surface area contributed by atoms with E-state index in [0.29, 0.717) is 6.04 Å². The highest BCUT2D eigenvalue weighted by Gasteiger charge is 2.17. The predicted molar refractivity (Wildman–Crippen MR) is 51.1 cm³/mol. The Morgan fingerprint density at radius 2 is 2.00 bits per heavy atom. The molecule has 1 aliphatic heterocycles. The van der Waals surface area contributed by atoms with Crippen LogP contribution in [0, 0.1) is 0 Å². The van der Waals surface area contributed by atoms with E-state index in [1.165, 1.54) is 19.5 Å². The third-order valence-electron chi connectivity index (χ3n) is 2.58. The second-order valence-corrected chi connectivity index (χ2v) is 3.40. The van der Waals surface area contributed by atoms with Crippen molar-refractivity contribution in [3.8, 4) is 0 Å². The van der Waals surface area contributed by atoms with Crippen molar-refractivity contribution in [1.29, 1.82) is 0 Å². The van der Waals surface area contributed by atoms with Crippen LogP contribution in [-0.2, 0) is 0 Å². The maximum atomic E-state index is 3.37. The van der Waals surface area contributed by atoms with Gasteiger partial charge in [-0.15, -0.1) is 0 Å². The van der Waals surface area contributed by atoms with E-state index in [-0.39, 0.29) is 0 Å². The fourth-order valence-electron chi connectivity index (χ4n) is 1.85. The first-order chi connectivity index (χ1) is 5.97. The molecule has 1 saturated heterocycles. The van der Waals surface area contributed by atoms with Crippen molar-refractivity contribution in [2.45, 2.75) is 12.5 Å². The molecule has 1 N–H and O–H groups in total. The molecule has 1 heterocycles. The quantitative estimate of drug-likeness (QED) is 0.616. The minimum Gasteiger partial charge on any atom is -0.314 e. The molecule has 2 aliphatic rings. The van der Waals surface area contributed by atoms with E-state index in [4.69, 9.17) is 0 Å². The fraction of sp³-hybridized carbons (Fsp3) is 0.600. The average Bonchev–Trinajstić information content (AvgIpc) is 2.21. The molecular weight excluding hydrogens is 148 g/mol. The van der Waals surface area contributed by atoms with Gasteiger partial charge in [0.15, 0.2) is 0 Å². The van der Waals surface area contributed by atoms with Crippen LogP contribution < -0.4 is 5.32 Å². The van der Waals surface area contributed by atoms with Gasteiger partial charge >= 0.3 is 0 Å². The predicted octanol–water partition coefficient (Wildman–Crippen LogP) is 0.776. The van der Waals surface area contributed by atoms with Crippen molar-refractivity contribution < 1.29 is 0 Å². The summed E-state index contributed by atoms with van der Waals surface area (Å²) in [6.07, 6.45) is 10.1. The van der Waals surface area contributed by atoms with Crippen molar-refractivity contribution in [2.75, 3.05) is 26.2 Å². The number of hydrogen-bond donors (Lipinski definition) is 1. The van der Waals surface area contributed by atoms with Gasteiger partial charge in [-0.05, 0) is 6.42 Å². The summed E-state index contributed by atoms with van der Waals surface area (Å²) < 4.78 is 0. The van der Waals surface area contributed by atoms with Crippen molar-refractivity contribution in [1.82, 2.24) is 10.2 Å². The molecule has 66 valence electrons. The lowest BCUT2D eigenvalue weighted by Crippen LogP contribution is -2.47. The topological polar surface area (TPSA) is 15.3 Å². The molecule has 0 aromatic carbocycles. The van der Waals surface area contributed by atoms with Crippen LogP contribution in [0.2, 0.25) is 0 Å². The molecule has 1 aliphatic carbocycles. The Kier molecular flexibility index (Phi) is 2.59. The van der Waals surface area contributed by atoms with Crippen molar-refractivity contribution in [2.24, 2.45) is 0 Å². The summed E-state index contributed by atoms with van der Waals surface area (Å²) in [4.78, 5) is 2.55. The van der Waals surface area contributed by atoms with Crippen molar-refractivity contribution in [3.05, 3.63) is 24.3 Å². The molecule has 0 aromatic heterocycles. The number of piperazine rings is 1. The highest BCUT2D eigenvalue weighted by Crippen LogP contribution is 2.11. The summed E-state index contributed by atoms with van der Waals surface area (Å²) in [5.74, 6) is 0. The molecule has 1 atom stereocenters. The number of nitrogens with one attached hydrogen (secondary N) is 1. The first-order valence-electron chi connectivity index (χ1n) is 4.75. The lowest BCUT2D eigenvalue weighted by atomic mass is 10.1. The van der Waals surface area contributed by atoms with Crippen molar-refractivity contribution in [3.63, 3.8) is 0 Å². The number of allylic oxidation sites excluding steroid dienone is 2.